The monoisotopic (exact) mass is 410 g/mol. The van der Waals surface area contributed by atoms with Crippen LogP contribution >= 0.6 is 0 Å². The van der Waals surface area contributed by atoms with Crippen molar-refractivity contribution >= 4 is 17.7 Å². The van der Waals surface area contributed by atoms with Crippen LogP contribution in [0.4, 0.5) is 10.5 Å². The summed E-state index contributed by atoms with van der Waals surface area (Å²) >= 11 is 0. The highest BCUT2D eigenvalue weighted by Gasteiger charge is 2.31. The minimum atomic E-state index is -0.865. The molecule has 30 heavy (non-hydrogen) atoms. The molecule has 1 fully saturated rings. The second-order valence-corrected chi connectivity index (χ2v) is 8.76. The van der Waals surface area contributed by atoms with E-state index < -0.39 is 11.7 Å². The number of nitrogens with one attached hydrogen (secondary N) is 1. The zero-order valence-corrected chi connectivity index (χ0v) is 17.8. The highest BCUT2D eigenvalue weighted by molar-refractivity contribution is 5.90. The Kier molecular flexibility index (Phi) is 6.65. The van der Waals surface area contributed by atoms with Gasteiger partial charge in [-0.2, -0.15) is 0 Å². The van der Waals surface area contributed by atoms with Crippen molar-refractivity contribution in [2.24, 2.45) is 0 Å². The average molecular weight is 411 g/mol. The van der Waals surface area contributed by atoms with Crippen molar-refractivity contribution in [3.63, 3.8) is 0 Å². The molecule has 6 nitrogen and oxygen atoms in total. The lowest BCUT2D eigenvalue weighted by atomic mass is 9.92. The van der Waals surface area contributed by atoms with Crippen LogP contribution in [0.1, 0.15) is 49.5 Å². The summed E-state index contributed by atoms with van der Waals surface area (Å²) in [6.07, 6.45) is 1.31. The van der Waals surface area contributed by atoms with Crippen LogP contribution in [0.15, 0.2) is 54.6 Å². The minimum absolute atomic E-state index is 0.0720. The van der Waals surface area contributed by atoms with Gasteiger partial charge in [0.2, 0.25) is 0 Å². The van der Waals surface area contributed by atoms with Crippen LogP contribution in [0.2, 0.25) is 0 Å². The van der Waals surface area contributed by atoms with Crippen LogP contribution in [-0.4, -0.2) is 46.3 Å². The molecule has 1 amide bonds. The lowest BCUT2D eigenvalue weighted by Gasteiger charge is -2.38. The van der Waals surface area contributed by atoms with E-state index in [1.807, 2.05) is 63.2 Å². The number of rotatable bonds is 5. The Morgan fingerprint density at radius 3 is 2.37 bits per heavy atom. The van der Waals surface area contributed by atoms with Crippen molar-refractivity contribution in [3.05, 3.63) is 65.7 Å². The number of ether oxygens (including phenoxy) is 1. The number of hydrogen-bond donors (Lipinski definition) is 2. The highest BCUT2D eigenvalue weighted by atomic mass is 16.6. The number of likely N-dealkylation sites (tertiary alicyclic amines) is 1. The van der Waals surface area contributed by atoms with Gasteiger partial charge in [0.25, 0.3) is 0 Å². The van der Waals surface area contributed by atoms with E-state index in [1.54, 1.807) is 17.0 Å². The van der Waals surface area contributed by atoms with Gasteiger partial charge in [0.1, 0.15) is 5.60 Å². The molecule has 0 saturated carbocycles. The van der Waals surface area contributed by atoms with Crippen LogP contribution in [0, 0.1) is 0 Å². The first kappa shape index (κ1) is 21.7. The molecule has 3 rings (SSSR count). The molecular weight excluding hydrogens is 380 g/mol. The molecule has 2 atom stereocenters. The SMILES string of the molecule is CC(C)(C)OC(=O)c1ccc(NC2CCN(C(=O)O)C(Cc3ccccc3)C2)cc1. The van der Waals surface area contributed by atoms with E-state index in [-0.39, 0.29) is 18.1 Å². The fourth-order valence-corrected chi connectivity index (χ4v) is 3.79. The molecule has 2 aromatic rings. The van der Waals surface area contributed by atoms with E-state index in [4.69, 9.17) is 4.74 Å². The van der Waals surface area contributed by atoms with Gasteiger partial charge in [0, 0.05) is 24.3 Å². The van der Waals surface area contributed by atoms with Gasteiger partial charge >= 0.3 is 12.1 Å². The number of piperidine rings is 1. The summed E-state index contributed by atoms with van der Waals surface area (Å²) in [5, 5.41) is 13.1. The van der Waals surface area contributed by atoms with Crippen LogP contribution < -0.4 is 5.32 Å². The number of carboxylic acid groups (broad SMARTS) is 1. The van der Waals surface area contributed by atoms with Crippen LogP contribution in [-0.2, 0) is 11.2 Å². The zero-order chi connectivity index (χ0) is 21.7. The first-order valence-corrected chi connectivity index (χ1v) is 10.3. The molecule has 160 valence electrons. The first-order chi connectivity index (χ1) is 14.2. The quantitative estimate of drug-likeness (QED) is 0.692. The van der Waals surface area contributed by atoms with E-state index in [0.717, 1.165) is 24.1 Å². The summed E-state index contributed by atoms with van der Waals surface area (Å²) in [6.45, 7) is 6.03. The van der Waals surface area contributed by atoms with Crippen molar-refractivity contribution in [2.45, 2.75) is 57.7 Å². The highest BCUT2D eigenvalue weighted by Crippen LogP contribution is 2.25. The third-order valence-electron chi connectivity index (χ3n) is 5.17. The Morgan fingerprint density at radius 2 is 1.77 bits per heavy atom. The number of amides is 1. The van der Waals surface area contributed by atoms with Gasteiger partial charge in [-0.25, -0.2) is 9.59 Å². The lowest BCUT2D eigenvalue weighted by Crippen LogP contribution is -2.49. The number of benzene rings is 2. The molecule has 2 aromatic carbocycles. The predicted molar refractivity (Wildman–Crippen MR) is 117 cm³/mol. The molecule has 0 spiro atoms. The Morgan fingerprint density at radius 1 is 1.10 bits per heavy atom. The maximum absolute atomic E-state index is 12.2. The van der Waals surface area contributed by atoms with Gasteiger partial charge in [0.05, 0.1) is 5.56 Å². The van der Waals surface area contributed by atoms with Gasteiger partial charge < -0.3 is 20.1 Å². The Bertz CT molecular complexity index is 859. The van der Waals surface area contributed by atoms with Crippen molar-refractivity contribution in [1.29, 1.82) is 0 Å². The molecule has 0 aromatic heterocycles. The number of carbonyl (C=O) groups excluding carboxylic acids is 1. The van der Waals surface area contributed by atoms with Gasteiger partial charge in [-0.3, -0.25) is 0 Å². The summed E-state index contributed by atoms with van der Waals surface area (Å²) < 4.78 is 5.40. The minimum Gasteiger partial charge on any atom is -0.465 e. The molecule has 2 N–H and O–H groups in total. The van der Waals surface area contributed by atoms with Crippen molar-refractivity contribution in [3.8, 4) is 0 Å². The Labute approximate surface area is 177 Å². The van der Waals surface area contributed by atoms with Crippen LogP contribution in [0.5, 0.6) is 0 Å². The maximum atomic E-state index is 12.2. The summed E-state index contributed by atoms with van der Waals surface area (Å²) in [5.74, 6) is -0.341. The summed E-state index contributed by atoms with van der Waals surface area (Å²) in [4.78, 5) is 25.4. The third kappa shape index (κ3) is 5.99. The molecule has 1 aliphatic heterocycles. The second-order valence-electron chi connectivity index (χ2n) is 8.76. The topological polar surface area (TPSA) is 78.9 Å². The van der Waals surface area contributed by atoms with Crippen molar-refractivity contribution in [1.82, 2.24) is 4.90 Å². The molecule has 2 unspecified atom stereocenters. The number of esters is 1. The maximum Gasteiger partial charge on any atom is 0.407 e. The van der Waals surface area contributed by atoms with Crippen molar-refractivity contribution in [2.75, 3.05) is 11.9 Å². The largest absolute Gasteiger partial charge is 0.465 e. The number of nitrogens with zero attached hydrogens (tertiary/aromatic N) is 1. The second kappa shape index (κ2) is 9.20. The Hall–Kier alpha value is -3.02. The Balaban J connectivity index is 1.63. The van der Waals surface area contributed by atoms with Crippen LogP contribution in [0.25, 0.3) is 0 Å². The third-order valence-corrected chi connectivity index (χ3v) is 5.17. The molecule has 0 bridgehead atoms. The van der Waals surface area contributed by atoms with Gasteiger partial charge in [-0.15, -0.1) is 0 Å². The smallest absolute Gasteiger partial charge is 0.407 e. The fraction of sp³-hybridized carbons (Fsp3) is 0.417. The normalized spacial score (nSPS) is 19.2. The van der Waals surface area contributed by atoms with Crippen molar-refractivity contribution < 1.29 is 19.4 Å². The standard InChI is InChI=1S/C24H30N2O4/c1-24(2,3)30-22(27)18-9-11-19(12-10-18)25-20-13-14-26(23(28)29)21(16-20)15-17-7-5-4-6-8-17/h4-12,20-21,25H,13-16H2,1-3H3,(H,28,29). The van der Waals surface area contributed by atoms with Gasteiger partial charge in [-0.1, -0.05) is 30.3 Å². The predicted octanol–water partition coefficient (Wildman–Crippen LogP) is 4.81. The molecule has 6 heteroatoms. The molecular formula is C24H30N2O4. The zero-order valence-electron chi connectivity index (χ0n) is 17.8. The van der Waals surface area contributed by atoms with E-state index in [0.29, 0.717) is 18.5 Å². The van der Waals surface area contributed by atoms with E-state index in [1.165, 1.54) is 0 Å². The average Bonchev–Trinajstić information content (AvgIpc) is 2.68. The molecule has 0 radical (unpaired) electrons. The summed E-state index contributed by atoms with van der Waals surface area (Å²) in [5.41, 5.74) is 2.03. The number of anilines is 1. The molecule has 1 aliphatic rings. The van der Waals surface area contributed by atoms with Gasteiger partial charge in [0.15, 0.2) is 0 Å². The fourth-order valence-electron chi connectivity index (χ4n) is 3.79. The summed E-state index contributed by atoms with van der Waals surface area (Å²) in [7, 11) is 0. The molecule has 1 heterocycles. The molecule has 0 aliphatic carbocycles. The van der Waals surface area contributed by atoms with E-state index >= 15 is 0 Å². The molecule has 1 saturated heterocycles. The first-order valence-electron chi connectivity index (χ1n) is 10.3. The number of hydrogen-bond acceptors (Lipinski definition) is 4. The van der Waals surface area contributed by atoms with Crippen LogP contribution in [0.3, 0.4) is 0 Å². The van der Waals surface area contributed by atoms with Gasteiger partial charge in [-0.05, 0) is 69.9 Å². The van der Waals surface area contributed by atoms with E-state index in [9.17, 15) is 14.7 Å². The van der Waals surface area contributed by atoms with E-state index in [2.05, 4.69) is 5.32 Å². The lowest BCUT2D eigenvalue weighted by molar-refractivity contribution is 0.00694. The number of carbonyl (C=O) groups is 2. The summed E-state index contributed by atoms with van der Waals surface area (Å²) in [6, 6.07) is 17.3.